The van der Waals surface area contributed by atoms with Gasteiger partial charge in [-0.2, -0.15) is 0 Å². The number of ether oxygens (including phenoxy) is 1. The molecule has 0 saturated heterocycles. The van der Waals surface area contributed by atoms with Gasteiger partial charge in [0, 0.05) is 10.6 Å². The van der Waals surface area contributed by atoms with E-state index in [-0.39, 0.29) is 18.2 Å². The summed E-state index contributed by atoms with van der Waals surface area (Å²) in [6, 6.07) is 6.64. The third-order valence-electron chi connectivity index (χ3n) is 2.34. The first-order valence-corrected chi connectivity index (χ1v) is 6.05. The van der Waals surface area contributed by atoms with Crippen LogP contribution >= 0.6 is 11.6 Å². The molecule has 0 bridgehead atoms. The largest absolute Gasteiger partial charge is 0.466 e. The molecule has 0 radical (unpaired) electrons. The van der Waals surface area contributed by atoms with E-state index in [0.29, 0.717) is 22.8 Å². The molecular formula is C14H15ClO3. The Labute approximate surface area is 111 Å². The molecule has 0 heterocycles. The smallest absolute Gasteiger partial charge is 0.309 e. The van der Waals surface area contributed by atoms with Gasteiger partial charge in [-0.05, 0) is 43.7 Å². The predicted octanol–water partition coefficient (Wildman–Crippen LogP) is 3.42. The second-order valence-electron chi connectivity index (χ2n) is 3.73. The lowest BCUT2D eigenvalue weighted by molar-refractivity contribution is -0.142. The van der Waals surface area contributed by atoms with Gasteiger partial charge in [-0.25, -0.2) is 0 Å². The van der Waals surface area contributed by atoms with E-state index in [1.54, 1.807) is 44.2 Å². The number of allylic oxidation sites excluding steroid dienone is 1. The molecule has 0 aliphatic rings. The lowest BCUT2D eigenvalue weighted by Crippen LogP contribution is -2.04. The molecule has 0 aliphatic heterocycles. The molecule has 18 heavy (non-hydrogen) atoms. The second kappa shape index (κ2) is 6.97. The van der Waals surface area contributed by atoms with Crippen LogP contribution in [0.15, 0.2) is 35.9 Å². The van der Waals surface area contributed by atoms with Crippen molar-refractivity contribution in [1.82, 2.24) is 0 Å². The molecule has 0 unspecified atom stereocenters. The van der Waals surface area contributed by atoms with Crippen molar-refractivity contribution >= 4 is 23.4 Å². The summed E-state index contributed by atoms with van der Waals surface area (Å²) >= 11 is 5.75. The van der Waals surface area contributed by atoms with Crippen molar-refractivity contribution in [2.24, 2.45) is 0 Å². The first-order chi connectivity index (χ1) is 8.54. The van der Waals surface area contributed by atoms with Crippen molar-refractivity contribution < 1.29 is 14.3 Å². The summed E-state index contributed by atoms with van der Waals surface area (Å²) in [6.07, 6.45) is 1.69. The molecule has 0 aromatic heterocycles. The Bertz CT molecular complexity index is 460. The Balaban J connectivity index is 2.69. The average Bonchev–Trinajstić information content (AvgIpc) is 2.36. The van der Waals surface area contributed by atoms with E-state index >= 15 is 0 Å². The molecule has 0 spiro atoms. The molecule has 1 rings (SSSR count). The average molecular weight is 267 g/mol. The lowest BCUT2D eigenvalue weighted by Gasteiger charge is -2.02. The topological polar surface area (TPSA) is 43.4 Å². The number of ketones is 1. The number of benzene rings is 1. The molecular weight excluding hydrogens is 252 g/mol. The number of esters is 1. The zero-order valence-corrected chi connectivity index (χ0v) is 11.2. The summed E-state index contributed by atoms with van der Waals surface area (Å²) in [5.41, 5.74) is 1.07. The normalized spacial score (nSPS) is 11.2. The van der Waals surface area contributed by atoms with Crippen LogP contribution in [-0.2, 0) is 9.53 Å². The minimum Gasteiger partial charge on any atom is -0.466 e. The van der Waals surface area contributed by atoms with Crippen LogP contribution in [-0.4, -0.2) is 18.4 Å². The minimum absolute atomic E-state index is 0.110. The number of hydrogen-bond donors (Lipinski definition) is 0. The van der Waals surface area contributed by atoms with Gasteiger partial charge in [-0.3, -0.25) is 9.59 Å². The van der Waals surface area contributed by atoms with E-state index in [1.165, 1.54) is 0 Å². The van der Waals surface area contributed by atoms with Gasteiger partial charge in [0.15, 0.2) is 5.78 Å². The third kappa shape index (κ3) is 4.34. The van der Waals surface area contributed by atoms with Gasteiger partial charge >= 0.3 is 5.97 Å². The standard InChI is InChI=1S/C14H15ClO3/c1-3-18-13(16)9-4-10(2)14(17)11-5-7-12(15)8-6-11/h4-8H,3,9H2,1-2H3. The highest BCUT2D eigenvalue weighted by Gasteiger charge is 2.08. The summed E-state index contributed by atoms with van der Waals surface area (Å²) < 4.78 is 4.78. The maximum Gasteiger partial charge on any atom is 0.309 e. The van der Waals surface area contributed by atoms with Crippen LogP contribution in [0, 0.1) is 0 Å². The van der Waals surface area contributed by atoms with Gasteiger partial charge in [0.05, 0.1) is 13.0 Å². The molecule has 0 atom stereocenters. The number of carbonyl (C=O) groups is 2. The lowest BCUT2D eigenvalue weighted by atomic mass is 10.0. The van der Waals surface area contributed by atoms with Crippen molar-refractivity contribution in [2.45, 2.75) is 20.3 Å². The van der Waals surface area contributed by atoms with E-state index in [2.05, 4.69) is 0 Å². The van der Waals surface area contributed by atoms with Gasteiger partial charge in [-0.1, -0.05) is 17.7 Å². The van der Waals surface area contributed by atoms with Crippen LogP contribution in [0.4, 0.5) is 0 Å². The second-order valence-corrected chi connectivity index (χ2v) is 4.17. The maximum atomic E-state index is 12.0. The van der Waals surface area contributed by atoms with Crippen molar-refractivity contribution in [1.29, 1.82) is 0 Å². The first-order valence-electron chi connectivity index (χ1n) is 5.67. The van der Waals surface area contributed by atoms with E-state index in [9.17, 15) is 9.59 Å². The Hall–Kier alpha value is -1.61. The molecule has 96 valence electrons. The summed E-state index contributed by atoms with van der Waals surface area (Å²) in [5, 5.41) is 0.583. The fourth-order valence-corrected chi connectivity index (χ4v) is 1.50. The molecule has 3 nitrogen and oxygen atoms in total. The quantitative estimate of drug-likeness (QED) is 0.466. The van der Waals surface area contributed by atoms with Gasteiger partial charge < -0.3 is 4.74 Å². The molecule has 4 heteroatoms. The Morgan fingerprint density at radius 3 is 2.44 bits per heavy atom. The zero-order chi connectivity index (χ0) is 13.5. The third-order valence-corrected chi connectivity index (χ3v) is 2.60. The number of Topliss-reactive ketones (excluding diaryl/α,β-unsaturated/α-hetero) is 1. The summed E-state index contributed by atoms with van der Waals surface area (Å²) in [7, 11) is 0. The number of rotatable bonds is 5. The molecule has 0 N–H and O–H groups in total. The molecule has 1 aromatic carbocycles. The van der Waals surface area contributed by atoms with Crippen LogP contribution < -0.4 is 0 Å². The predicted molar refractivity (Wildman–Crippen MR) is 70.8 cm³/mol. The van der Waals surface area contributed by atoms with Crippen molar-refractivity contribution in [3.8, 4) is 0 Å². The van der Waals surface area contributed by atoms with Crippen LogP contribution in [0.1, 0.15) is 30.6 Å². The summed E-state index contributed by atoms with van der Waals surface area (Å²) in [5.74, 6) is -0.447. The van der Waals surface area contributed by atoms with E-state index in [1.807, 2.05) is 0 Å². The first kappa shape index (κ1) is 14.5. The Morgan fingerprint density at radius 2 is 1.89 bits per heavy atom. The maximum absolute atomic E-state index is 12.0. The molecule has 0 aliphatic carbocycles. The van der Waals surface area contributed by atoms with Crippen molar-refractivity contribution in [3.05, 3.63) is 46.5 Å². The minimum atomic E-state index is -0.333. The fourth-order valence-electron chi connectivity index (χ4n) is 1.38. The summed E-state index contributed by atoms with van der Waals surface area (Å²) in [6.45, 7) is 3.76. The van der Waals surface area contributed by atoms with Crippen LogP contribution in [0.5, 0.6) is 0 Å². The van der Waals surface area contributed by atoms with Gasteiger partial charge in [0.2, 0.25) is 0 Å². The van der Waals surface area contributed by atoms with E-state index < -0.39 is 0 Å². The number of hydrogen-bond acceptors (Lipinski definition) is 3. The highest BCUT2D eigenvalue weighted by atomic mass is 35.5. The molecule has 1 aromatic rings. The fraction of sp³-hybridized carbons (Fsp3) is 0.286. The zero-order valence-electron chi connectivity index (χ0n) is 10.4. The SMILES string of the molecule is CCOC(=O)CC=C(C)C(=O)c1ccc(Cl)cc1. The monoisotopic (exact) mass is 266 g/mol. The number of halogens is 1. The van der Waals surface area contributed by atoms with Crippen LogP contribution in [0.2, 0.25) is 5.02 Å². The Morgan fingerprint density at radius 1 is 1.28 bits per heavy atom. The highest BCUT2D eigenvalue weighted by Crippen LogP contribution is 2.13. The van der Waals surface area contributed by atoms with Crippen molar-refractivity contribution in [2.75, 3.05) is 6.61 Å². The molecule has 0 amide bonds. The molecule has 0 saturated carbocycles. The van der Waals surface area contributed by atoms with Gasteiger partial charge in [-0.15, -0.1) is 0 Å². The van der Waals surface area contributed by atoms with Crippen molar-refractivity contribution in [3.63, 3.8) is 0 Å². The highest BCUT2D eigenvalue weighted by molar-refractivity contribution is 6.30. The summed E-state index contributed by atoms with van der Waals surface area (Å²) in [4.78, 5) is 23.1. The van der Waals surface area contributed by atoms with Gasteiger partial charge in [0.1, 0.15) is 0 Å². The van der Waals surface area contributed by atoms with E-state index in [0.717, 1.165) is 0 Å². The molecule has 0 fully saturated rings. The Kier molecular flexibility index (Phi) is 5.59. The number of carbonyl (C=O) groups excluding carboxylic acids is 2. The van der Waals surface area contributed by atoms with Gasteiger partial charge in [0.25, 0.3) is 0 Å². The van der Waals surface area contributed by atoms with E-state index in [4.69, 9.17) is 16.3 Å². The van der Waals surface area contributed by atoms with Crippen LogP contribution in [0.3, 0.4) is 0 Å². The van der Waals surface area contributed by atoms with Crippen LogP contribution in [0.25, 0.3) is 0 Å².